The van der Waals surface area contributed by atoms with Gasteiger partial charge in [0.1, 0.15) is 0 Å². The normalized spacial score (nSPS) is 17.7. The smallest absolute Gasteiger partial charge is 0.157 e. The van der Waals surface area contributed by atoms with E-state index >= 15 is 0 Å². The van der Waals surface area contributed by atoms with Crippen LogP contribution in [0.3, 0.4) is 0 Å². The van der Waals surface area contributed by atoms with Crippen molar-refractivity contribution in [2.75, 3.05) is 13.1 Å². The lowest BCUT2D eigenvalue weighted by Gasteiger charge is -2.18. The number of halogens is 1. The summed E-state index contributed by atoms with van der Waals surface area (Å²) in [7, 11) is 0. The van der Waals surface area contributed by atoms with Gasteiger partial charge in [0, 0.05) is 12.5 Å². The first-order valence-electron chi connectivity index (χ1n) is 6.56. The molecule has 0 spiro atoms. The van der Waals surface area contributed by atoms with Gasteiger partial charge in [-0.1, -0.05) is 30.3 Å². The third-order valence-corrected chi connectivity index (χ3v) is 3.73. The molecule has 0 aliphatic carbocycles. The fraction of sp³-hybridized carbons (Fsp3) is 0.250. The number of phenolic OH excluding ortho intramolecular Hbond substituents is 2. The minimum Gasteiger partial charge on any atom is -0.504 e. The van der Waals surface area contributed by atoms with E-state index in [4.69, 9.17) is 0 Å². The number of rotatable bonds is 1. The van der Waals surface area contributed by atoms with Gasteiger partial charge < -0.3 is 15.5 Å². The molecular formula is C16H18BrNO2. The van der Waals surface area contributed by atoms with Gasteiger partial charge in [-0.2, -0.15) is 0 Å². The van der Waals surface area contributed by atoms with Gasteiger partial charge in [0.05, 0.1) is 0 Å². The van der Waals surface area contributed by atoms with Crippen molar-refractivity contribution in [3.05, 3.63) is 59.2 Å². The minimum absolute atomic E-state index is 0. The van der Waals surface area contributed by atoms with E-state index in [-0.39, 0.29) is 34.4 Å². The van der Waals surface area contributed by atoms with Gasteiger partial charge in [-0.05, 0) is 41.8 Å². The van der Waals surface area contributed by atoms with Crippen molar-refractivity contribution in [3.8, 4) is 11.5 Å². The summed E-state index contributed by atoms with van der Waals surface area (Å²) in [5, 5.41) is 22.8. The largest absolute Gasteiger partial charge is 0.504 e. The van der Waals surface area contributed by atoms with Crippen LogP contribution >= 0.6 is 17.0 Å². The molecule has 0 bridgehead atoms. The maximum Gasteiger partial charge on any atom is 0.157 e. The third-order valence-electron chi connectivity index (χ3n) is 3.73. The zero-order chi connectivity index (χ0) is 13.2. The van der Waals surface area contributed by atoms with E-state index in [2.05, 4.69) is 17.4 Å². The Labute approximate surface area is 129 Å². The van der Waals surface area contributed by atoms with Gasteiger partial charge in [0.2, 0.25) is 0 Å². The van der Waals surface area contributed by atoms with Crippen LogP contribution in [0.15, 0.2) is 42.5 Å². The Morgan fingerprint density at radius 2 is 1.70 bits per heavy atom. The fourth-order valence-corrected chi connectivity index (χ4v) is 2.74. The van der Waals surface area contributed by atoms with Gasteiger partial charge >= 0.3 is 0 Å². The summed E-state index contributed by atoms with van der Waals surface area (Å²) in [6.45, 7) is 1.74. The summed E-state index contributed by atoms with van der Waals surface area (Å²) in [6.07, 6.45) is 0.868. The molecule has 2 aromatic carbocycles. The van der Waals surface area contributed by atoms with E-state index in [1.165, 1.54) is 5.56 Å². The highest BCUT2D eigenvalue weighted by Gasteiger charge is 2.21. The molecule has 0 fully saturated rings. The van der Waals surface area contributed by atoms with Crippen molar-refractivity contribution in [2.24, 2.45) is 0 Å². The van der Waals surface area contributed by atoms with E-state index < -0.39 is 0 Å². The zero-order valence-corrected chi connectivity index (χ0v) is 12.8. The van der Waals surface area contributed by atoms with Gasteiger partial charge in [0.25, 0.3) is 0 Å². The lowest BCUT2D eigenvalue weighted by atomic mass is 9.88. The molecule has 0 amide bonds. The van der Waals surface area contributed by atoms with Crippen molar-refractivity contribution in [3.63, 3.8) is 0 Å². The predicted molar refractivity (Wildman–Crippen MR) is 85.0 cm³/mol. The van der Waals surface area contributed by atoms with E-state index in [9.17, 15) is 10.2 Å². The standard InChI is InChI=1S/C16H17NO2.BrH/c18-15-8-12-6-7-17-10-14(13(12)9-16(15)19)11-4-2-1-3-5-11;/h1-5,8-9,14,17-19H,6-7,10H2;1H. The van der Waals surface area contributed by atoms with Crippen LogP contribution in [0.4, 0.5) is 0 Å². The highest BCUT2D eigenvalue weighted by Crippen LogP contribution is 2.36. The molecule has 1 aliphatic heterocycles. The topological polar surface area (TPSA) is 52.5 Å². The Kier molecular flexibility index (Phi) is 4.68. The molecule has 3 nitrogen and oxygen atoms in total. The molecule has 0 saturated heterocycles. The van der Waals surface area contributed by atoms with Crippen LogP contribution in [0.25, 0.3) is 0 Å². The van der Waals surface area contributed by atoms with Crippen LogP contribution in [-0.4, -0.2) is 23.3 Å². The number of benzene rings is 2. The summed E-state index contributed by atoms with van der Waals surface area (Å²) in [5.74, 6) is 0.138. The van der Waals surface area contributed by atoms with Crippen molar-refractivity contribution in [2.45, 2.75) is 12.3 Å². The summed E-state index contributed by atoms with van der Waals surface area (Å²) in [6, 6.07) is 13.7. The van der Waals surface area contributed by atoms with Crippen LogP contribution in [0, 0.1) is 0 Å². The van der Waals surface area contributed by atoms with Crippen LogP contribution in [0.2, 0.25) is 0 Å². The number of phenols is 2. The second-order valence-corrected chi connectivity index (χ2v) is 4.96. The average molecular weight is 336 g/mol. The number of hydrogen-bond donors (Lipinski definition) is 3. The molecule has 0 radical (unpaired) electrons. The second kappa shape index (κ2) is 6.29. The Hall–Kier alpha value is -1.52. The van der Waals surface area contributed by atoms with Crippen LogP contribution in [0.1, 0.15) is 22.6 Å². The summed E-state index contributed by atoms with van der Waals surface area (Å²) in [5.41, 5.74) is 3.43. The van der Waals surface area contributed by atoms with E-state index in [1.54, 1.807) is 12.1 Å². The molecule has 3 N–H and O–H groups in total. The molecule has 1 heterocycles. The molecule has 1 atom stereocenters. The maximum absolute atomic E-state index is 9.76. The van der Waals surface area contributed by atoms with E-state index in [0.717, 1.165) is 30.6 Å². The summed E-state index contributed by atoms with van der Waals surface area (Å²) >= 11 is 0. The van der Waals surface area contributed by atoms with Crippen LogP contribution < -0.4 is 5.32 Å². The SMILES string of the molecule is Br.Oc1cc2c(cc1O)C(c1ccccc1)CNCC2. The molecule has 4 heteroatoms. The molecule has 0 aromatic heterocycles. The van der Waals surface area contributed by atoms with Gasteiger partial charge in [-0.15, -0.1) is 17.0 Å². The molecular weight excluding hydrogens is 318 g/mol. The van der Waals surface area contributed by atoms with Crippen molar-refractivity contribution in [1.82, 2.24) is 5.32 Å². The quantitative estimate of drug-likeness (QED) is 0.702. The Bertz CT molecular complexity index is 587. The minimum atomic E-state index is -0.0402. The molecule has 106 valence electrons. The van der Waals surface area contributed by atoms with Crippen molar-refractivity contribution in [1.29, 1.82) is 0 Å². The lowest BCUT2D eigenvalue weighted by molar-refractivity contribution is 0.402. The number of nitrogens with one attached hydrogen (secondary N) is 1. The number of fused-ring (bicyclic) bond motifs is 1. The summed E-state index contributed by atoms with van der Waals surface area (Å²) < 4.78 is 0. The first-order valence-corrected chi connectivity index (χ1v) is 6.56. The average Bonchev–Trinajstić information content (AvgIpc) is 2.63. The molecule has 2 aromatic rings. The molecule has 1 unspecified atom stereocenters. The number of hydrogen-bond acceptors (Lipinski definition) is 3. The monoisotopic (exact) mass is 335 g/mol. The predicted octanol–water partition coefficient (Wildman–Crippen LogP) is 2.95. The fourth-order valence-electron chi connectivity index (χ4n) is 2.74. The third kappa shape index (κ3) is 2.81. The number of aromatic hydroxyl groups is 2. The molecule has 1 aliphatic rings. The van der Waals surface area contributed by atoms with Gasteiger partial charge in [-0.25, -0.2) is 0 Å². The molecule has 3 rings (SSSR count). The Morgan fingerprint density at radius 1 is 1.00 bits per heavy atom. The van der Waals surface area contributed by atoms with Crippen molar-refractivity contribution >= 4 is 17.0 Å². The molecule has 0 saturated carbocycles. The van der Waals surface area contributed by atoms with Crippen LogP contribution in [0.5, 0.6) is 11.5 Å². The van der Waals surface area contributed by atoms with E-state index in [0.29, 0.717) is 0 Å². The first-order chi connectivity index (χ1) is 9.25. The second-order valence-electron chi connectivity index (χ2n) is 4.96. The van der Waals surface area contributed by atoms with Gasteiger partial charge in [0.15, 0.2) is 11.5 Å². The highest BCUT2D eigenvalue weighted by molar-refractivity contribution is 8.93. The molecule has 20 heavy (non-hydrogen) atoms. The van der Waals surface area contributed by atoms with E-state index in [1.807, 2.05) is 18.2 Å². The Morgan fingerprint density at radius 3 is 2.45 bits per heavy atom. The van der Waals surface area contributed by atoms with Gasteiger partial charge in [-0.3, -0.25) is 0 Å². The van der Waals surface area contributed by atoms with Crippen molar-refractivity contribution < 1.29 is 10.2 Å². The Balaban J connectivity index is 0.00000147. The maximum atomic E-state index is 9.76. The first kappa shape index (κ1) is 14.9. The zero-order valence-electron chi connectivity index (χ0n) is 11.0. The summed E-state index contributed by atoms with van der Waals surface area (Å²) in [4.78, 5) is 0. The highest BCUT2D eigenvalue weighted by atomic mass is 79.9. The lowest BCUT2D eigenvalue weighted by Crippen LogP contribution is -2.20. The van der Waals surface area contributed by atoms with Crippen LogP contribution in [-0.2, 0) is 6.42 Å².